The molecule has 1 saturated heterocycles. The Morgan fingerprint density at radius 3 is 2.52 bits per heavy atom. The second-order valence-corrected chi connectivity index (χ2v) is 6.75. The van der Waals surface area contributed by atoms with Crippen LogP contribution in [-0.2, 0) is 20.1 Å². The molecule has 0 radical (unpaired) electrons. The molecule has 0 atom stereocenters. The zero-order valence-electron chi connectivity index (χ0n) is 14.9. The van der Waals surface area contributed by atoms with Gasteiger partial charge in [0, 0.05) is 17.1 Å². The van der Waals surface area contributed by atoms with Gasteiger partial charge in [-0.15, -0.1) is 0 Å². The summed E-state index contributed by atoms with van der Waals surface area (Å²) in [5.74, 6) is -0.0182. The highest BCUT2D eigenvalue weighted by atomic mass is 35.5. The van der Waals surface area contributed by atoms with Crippen LogP contribution in [0.3, 0.4) is 0 Å². The third-order valence-electron chi connectivity index (χ3n) is 4.68. The molecule has 27 heavy (non-hydrogen) atoms. The second kappa shape index (κ2) is 7.38. The maximum absolute atomic E-state index is 13.0. The molecule has 0 aromatic heterocycles. The van der Waals surface area contributed by atoms with Gasteiger partial charge < -0.3 is 23.8 Å². The Morgan fingerprint density at radius 2 is 1.81 bits per heavy atom. The predicted octanol–water partition coefficient (Wildman–Crippen LogP) is 3.36. The van der Waals surface area contributed by atoms with Gasteiger partial charge in [0.1, 0.15) is 11.5 Å². The molecule has 2 aliphatic heterocycles. The van der Waals surface area contributed by atoms with Crippen molar-refractivity contribution in [1.29, 1.82) is 0 Å². The monoisotopic (exact) mass is 389 g/mol. The summed E-state index contributed by atoms with van der Waals surface area (Å²) in [6.45, 7) is 1.74. The molecule has 0 unspecified atom stereocenters. The summed E-state index contributed by atoms with van der Waals surface area (Å²) in [5, 5.41) is 0.546. The Kier molecular flexibility index (Phi) is 4.95. The molecule has 2 aliphatic rings. The van der Waals surface area contributed by atoms with E-state index in [4.69, 9.17) is 30.5 Å². The Morgan fingerprint density at radius 1 is 1.11 bits per heavy atom. The van der Waals surface area contributed by atoms with Gasteiger partial charge in [0.25, 0.3) is 11.7 Å². The summed E-state index contributed by atoms with van der Waals surface area (Å²) >= 11 is 6.13. The molecule has 0 N–H and O–H groups in total. The number of anilines is 1. The van der Waals surface area contributed by atoms with Crippen LogP contribution in [0.2, 0.25) is 5.02 Å². The molecule has 0 bridgehead atoms. The molecular formula is C20H20ClNO5. The molecule has 1 spiro atoms. The van der Waals surface area contributed by atoms with Gasteiger partial charge in [0.2, 0.25) is 0 Å². The first-order valence-corrected chi connectivity index (χ1v) is 9.18. The minimum Gasteiger partial charge on any atom is -0.497 e. The lowest BCUT2D eigenvalue weighted by molar-refractivity contribution is -0.180. The van der Waals surface area contributed by atoms with Gasteiger partial charge in [-0.2, -0.15) is 0 Å². The van der Waals surface area contributed by atoms with Gasteiger partial charge in [-0.05, 0) is 48.9 Å². The van der Waals surface area contributed by atoms with Crippen molar-refractivity contribution in [1.82, 2.24) is 0 Å². The van der Waals surface area contributed by atoms with E-state index in [1.54, 1.807) is 24.1 Å². The van der Waals surface area contributed by atoms with E-state index in [2.05, 4.69) is 0 Å². The van der Waals surface area contributed by atoms with Crippen molar-refractivity contribution in [2.24, 2.45) is 0 Å². The van der Waals surface area contributed by atoms with Crippen molar-refractivity contribution in [3.8, 4) is 11.5 Å². The van der Waals surface area contributed by atoms with Crippen LogP contribution >= 0.6 is 11.6 Å². The fourth-order valence-corrected chi connectivity index (χ4v) is 3.58. The van der Waals surface area contributed by atoms with Gasteiger partial charge in [-0.25, -0.2) is 0 Å². The molecule has 4 rings (SSSR count). The Bertz CT molecular complexity index is 833. The van der Waals surface area contributed by atoms with Crippen molar-refractivity contribution < 1.29 is 23.7 Å². The minimum atomic E-state index is -1.35. The smallest absolute Gasteiger partial charge is 0.292 e. The maximum Gasteiger partial charge on any atom is 0.292 e. The van der Waals surface area contributed by atoms with Crippen LogP contribution in [0, 0.1) is 0 Å². The summed E-state index contributed by atoms with van der Waals surface area (Å²) < 4.78 is 22.3. The number of methoxy groups -OCH3 is 1. The van der Waals surface area contributed by atoms with Gasteiger partial charge >= 0.3 is 0 Å². The molecule has 0 aliphatic carbocycles. The number of carbonyl (C=O) groups is 1. The number of hydrogen-bond acceptors (Lipinski definition) is 5. The van der Waals surface area contributed by atoms with Gasteiger partial charge in [0.05, 0.1) is 32.6 Å². The molecule has 1 amide bonds. The van der Waals surface area contributed by atoms with E-state index in [0.29, 0.717) is 43.4 Å². The van der Waals surface area contributed by atoms with Crippen LogP contribution in [0.25, 0.3) is 0 Å². The summed E-state index contributed by atoms with van der Waals surface area (Å²) in [7, 11) is 1.62. The van der Waals surface area contributed by atoms with E-state index < -0.39 is 5.79 Å². The van der Waals surface area contributed by atoms with Crippen LogP contribution in [-0.4, -0.2) is 39.4 Å². The number of hydrogen-bond donors (Lipinski definition) is 0. The molecule has 1 fully saturated rings. The first-order chi connectivity index (χ1) is 13.1. The zero-order chi connectivity index (χ0) is 18.9. The standard InChI is InChI=1S/C20H20ClNO5/c1-24-15-4-6-16(7-5-15)25-10-2-9-22-18-8-3-14(21)13-17(18)20(19(22)23)26-11-12-27-20/h3-8,13H,2,9-12H2,1H3. The Labute approximate surface area is 162 Å². The fraction of sp³-hybridized carbons (Fsp3) is 0.350. The first kappa shape index (κ1) is 18.1. The first-order valence-electron chi connectivity index (χ1n) is 8.81. The molecule has 2 aromatic carbocycles. The van der Waals surface area contributed by atoms with Gasteiger partial charge in [-0.1, -0.05) is 11.6 Å². The molecule has 7 heteroatoms. The number of halogens is 1. The quantitative estimate of drug-likeness (QED) is 0.709. The second-order valence-electron chi connectivity index (χ2n) is 6.31. The molecule has 142 valence electrons. The van der Waals surface area contributed by atoms with E-state index in [-0.39, 0.29) is 5.91 Å². The molecule has 6 nitrogen and oxygen atoms in total. The normalized spacial score (nSPS) is 17.4. The van der Waals surface area contributed by atoms with Crippen molar-refractivity contribution in [2.45, 2.75) is 12.2 Å². The summed E-state index contributed by atoms with van der Waals surface area (Å²) in [6, 6.07) is 12.7. The van der Waals surface area contributed by atoms with Crippen LogP contribution in [0.15, 0.2) is 42.5 Å². The van der Waals surface area contributed by atoms with Gasteiger partial charge in [-0.3, -0.25) is 4.79 Å². The number of ether oxygens (including phenoxy) is 4. The van der Waals surface area contributed by atoms with Crippen LogP contribution in [0.5, 0.6) is 11.5 Å². The molecule has 2 aromatic rings. The lowest BCUT2D eigenvalue weighted by Crippen LogP contribution is -2.41. The van der Waals surface area contributed by atoms with Crippen molar-refractivity contribution in [3.05, 3.63) is 53.1 Å². The summed E-state index contributed by atoms with van der Waals surface area (Å²) in [5.41, 5.74) is 1.45. The van der Waals surface area contributed by atoms with Crippen molar-refractivity contribution >= 4 is 23.2 Å². The predicted molar refractivity (Wildman–Crippen MR) is 100 cm³/mol. The zero-order valence-corrected chi connectivity index (χ0v) is 15.7. The highest BCUT2D eigenvalue weighted by Gasteiger charge is 2.55. The van der Waals surface area contributed by atoms with Crippen LogP contribution in [0.4, 0.5) is 5.69 Å². The highest BCUT2D eigenvalue weighted by molar-refractivity contribution is 6.31. The number of nitrogens with zero attached hydrogens (tertiary/aromatic N) is 1. The van der Waals surface area contributed by atoms with Gasteiger partial charge in [0.15, 0.2) is 0 Å². The number of rotatable bonds is 6. The average Bonchev–Trinajstić information content (AvgIpc) is 3.26. The fourth-order valence-electron chi connectivity index (χ4n) is 3.41. The third-order valence-corrected chi connectivity index (χ3v) is 4.91. The number of carbonyl (C=O) groups excluding carboxylic acids is 1. The Hall–Kier alpha value is -2.28. The molecule has 2 heterocycles. The summed E-state index contributed by atoms with van der Waals surface area (Å²) in [6.07, 6.45) is 0.663. The minimum absolute atomic E-state index is 0.207. The average molecular weight is 390 g/mol. The van der Waals surface area contributed by atoms with Crippen molar-refractivity contribution in [3.63, 3.8) is 0 Å². The lowest BCUT2D eigenvalue weighted by Gasteiger charge is -2.22. The van der Waals surface area contributed by atoms with E-state index >= 15 is 0 Å². The van der Waals surface area contributed by atoms with Crippen LogP contribution in [0.1, 0.15) is 12.0 Å². The number of benzene rings is 2. The third kappa shape index (κ3) is 3.25. The van der Waals surface area contributed by atoms with E-state index in [0.717, 1.165) is 17.2 Å². The maximum atomic E-state index is 13.0. The van der Waals surface area contributed by atoms with E-state index in [1.807, 2.05) is 30.3 Å². The molecular weight excluding hydrogens is 370 g/mol. The highest BCUT2D eigenvalue weighted by Crippen LogP contribution is 2.46. The summed E-state index contributed by atoms with van der Waals surface area (Å²) in [4.78, 5) is 14.7. The largest absolute Gasteiger partial charge is 0.497 e. The number of fused-ring (bicyclic) bond motifs is 2. The van der Waals surface area contributed by atoms with E-state index in [9.17, 15) is 4.79 Å². The Balaban J connectivity index is 1.42. The SMILES string of the molecule is COc1ccc(OCCCN2C(=O)C3(OCCO3)c3cc(Cl)ccc32)cc1. The topological polar surface area (TPSA) is 57.2 Å². The van der Waals surface area contributed by atoms with Crippen molar-refractivity contribution in [2.75, 3.05) is 38.4 Å². The number of amides is 1. The molecule has 0 saturated carbocycles. The van der Waals surface area contributed by atoms with E-state index in [1.165, 1.54) is 0 Å². The lowest BCUT2D eigenvalue weighted by atomic mass is 10.1. The van der Waals surface area contributed by atoms with Crippen LogP contribution < -0.4 is 14.4 Å².